The van der Waals surface area contributed by atoms with Crippen LogP contribution >= 0.6 is 11.6 Å². The standard InChI is InChI=1S/C58H82ClN9O15/c1-35-14-13-17-46(78-10)58(76)33-45(81-56(75)64-58)36(2)53-57(4,83-53)47(32-51(72)67(8)43-29-38(28-35)30-44(77-9)52(43)59)82-55(74)37(3)66(7)50(71)21-24-79-26-27-80-25-22-62-54(73)41(18-19-48(60)69)63-49(70)20-23-68-40(34-65(6)61-5)31-39-15-11-12-16-42(39)68/h11-17,29-31,36-37,41,45-47,53,61,76H,18-28,32-34H2,1-10H3,(H2,60,69)(H,62,73)(H,63,70)(H,64,75)/b17-13+,35-14+/t36-,37+,41+,45+,46-,47+,53?,57+,58+/m1/s1. The van der Waals surface area contributed by atoms with Crippen LogP contribution in [0, 0.1) is 5.92 Å². The second-order valence-corrected chi connectivity index (χ2v) is 21.8. The molecule has 456 valence electrons. The minimum Gasteiger partial charge on any atom is -0.495 e. The van der Waals surface area contributed by atoms with Gasteiger partial charge in [0.05, 0.1) is 64.7 Å². The Kier molecular flexibility index (Phi) is 23.5. The maximum absolute atomic E-state index is 14.4. The van der Waals surface area contributed by atoms with Gasteiger partial charge in [-0.25, -0.2) is 14.6 Å². The summed E-state index contributed by atoms with van der Waals surface area (Å²) in [5.74, 6) is -3.49. The van der Waals surface area contributed by atoms with Crippen molar-refractivity contribution in [3.8, 4) is 5.75 Å². The highest BCUT2D eigenvalue weighted by molar-refractivity contribution is 6.35. The number of primary amides is 1. The number of epoxide rings is 1. The van der Waals surface area contributed by atoms with Gasteiger partial charge in [0.15, 0.2) is 5.72 Å². The number of halogens is 1. The molecule has 7 N–H and O–H groups in total. The number of carbonyl (C=O) groups is 7. The number of hydrazine groups is 1. The predicted octanol–water partition coefficient (Wildman–Crippen LogP) is 3.42. The number of amides is 6. The fraction of sp³-hybridized carbons (Fsp3) is 0.569. The fourth-order valence-corrected chi connectivity index (χ4v) is 10.6. The van der Waals surface area contributed by atoms with Crippen molar-refractivity contribution in [3.05, 3.63) is 82.5 Å². The third-order valence-corrected chi connectivity index (χ3v) is 15.9. The van der Waals surface area contributed by atoms with Gasteiger partial charge in [0.2, 0.25) is 29.5 Å². The van der Waals surface area contributed by atoms with E-state index < -0.39 is 89.4 Å². The first-order valence-electron chi connectivity index (χ1n) is 27.7. The van der Waals surface area contributed by atoms with E-state index in [1.165, 1.54) is 38.0 Å². The van der Waals surface area contributed by atoms with E-state index >= 15 is 0 Å². The second-order valence-electron chi connectivity index (χ2n) is 21.5. The number of anilines is 1. The largest absolute Gasteiger partial charge is 0.495 e. The van der Waals surface area contributed by atoms with Crippen LogP contribution in [-0.2, 0) is 76.7 Å². The lowest BCUT2D eigenvalue weighted by Gasteiger charge is -2.42. The molecule has 2 saturated heterocycles. The number of esters is 1. The third kappa shape index (κ3) is 17.2. The lowest BCUT2D eigenvalue weighted by atomic mass is 9.83. The highest BCUT2D eigenvalue weighted by Gasteiger charge is 2.64. The summed E-state index contributed by atoms with van der Waals surface area (Å²) >= 11 is 6.82. The van der Waals surface area contributed by atoms with Gasteiger partial charge in [-0.15, -0.1) is 0 Å². The van der Waals surface area contributed by atoms with Crippen LogP contribution in [0.2, 0.25) is 5.02 Å². The monoisotopic (exact) mass is 1180 g/mol. The number of nitrogens with one attached hydrogen (secondary N) is 4. The highest BCUT2D eigenvalue weighted by Crippen LogP contribution is 2.49. The molecule has 2 aromatic carbocycles. The number of hydrogen-bond acceptors (Lipinski definition) is 17. The van der Waals surface area contributed by atoms with Gasteiger partial charge in [-0.05, 0) is 75.9 Å². The van der Waals surface area contributed by atoms with Crippen LogP contribution in [0.1, 0.15) is 77.5 Å². The highest BCUT2D eigenvalue weighted by atomic mass is 35.5. The van der Waals surface area contributed by atoms with Crippen LogP contribution in [0.25, 0.3) is 10.9 Å². The number of alkyl carbamates (subject to hydrolysis) is 1. The molecule has 6 amide bonds. The fourth-order valence-electron chi connectivity index (χ4n) is 10.3. The first kappa shape index (κ1) is 65.5. The number of hydrogen-bond donors (Lipinski definition) is 6. The van der Waals surface area contributed by atoms with Crippen LogP contribution in [0.15, 0.2) is 66.3 Å². The van der Waals surface area contributed by atoms with Gasteiger partial charge in [-0.3, -0.25) is 34.7 Å². The zero-order chi connectivity index (χ0) is 60.8. The normalized spacial score (nSPS) is 24.5. The maximum atomic E-state index is 14.4. The Hall–Kier alpha value is -6.64. The molecule has 24 nitrogen and oxygen atoms in total. The molecule has 3 aromatic rings. The molecular formula is C58H82ClN9O15. The number of ether oxygens (including phenoxy) is 7. The number of aliphatic hydroxyl groups is 1. The van der Waals surface area contributed by atoms with E-state index in [9.17, 15) is 38.7 Å². The summed E-state index contributed by atoms with van der Waals surface area (Å²) in [6.07, 6.45) is 0.258. The zero-order valence-corrected chi connectivity index (χ0v) is 49.9. The number of allylic oxidation sites excluding steroid dienone is 3. The molecule has 0 radical (unpaired) electrons. The number of benzene rings is 2. The van der Waals surface area contributed by atoms with Gasteiger partial charge in [-0.2, -0.15) is 0 Å². The van der Waals surface area contributed by atoms with Crippen molar-refractivity contribution in [1.29, 1.82) is 0 Å². The van der Waals surface area contributed by atoms with E-state index in [1.807, 2.05) is 56.4 Å². The first-order valence-corrected chi connectivity index (χ1v) is 28.1. The smallest absolute Gasteiger partial charge is 0.409 e. The number of fused-ring (bicyclic) bond motifs is 6. The lowest BCUT2D eigenvalue weighted by molar-refractivity contribution is -0.162. The van der Waals surface area contributed by atoms with Crippen LogP contribution in [0.3, 0.4) is 0 Å². The van der Waals surface area contributed by atoms with Crippen molar-refractivity contribution in [2.75, 3.05) is 80.3 Å². The van der Waals surface area contributed by atoms with Gasteiger partial charge in [0.1, 0.15) is 46.8 Å². The second kappa shape index (κ2) is 29.7. The van der Waals surface area contributed by atoms with E-state index in [4.69, 9.17) is 50.5 Å². The summed E-state index contributed by atoms with van der Waals surface area (Å²) in [6.45, 7) is 8.19. The minimum atomic E-state index is -1.88. The molecule has 2 fully saturated rings. The van der Waals surface area contributed by atoms with E-state index in [0.29, 0.717) is 30.9 Å². The van der Waals surface area contributed by atoms with Gasteiger partial charge in [0, 0.05) is 77.7 Å². The summed E-state index contributed by atoms with van der Waals surface area (Å²) in [4.78, 5) is 95.6. The van der Waals surface area contributed by atoms with Crippen LogP contribution in [0.4, 0.5) is 10.5 Å². The summed E-state index contributed by atoms with van der Waals surface area (Å²) in [7, 11) is 9.61. The van der Waals surface area contributed by atoms with Crippen molar-refractivity contribution < 1.29 is 71.8 Å². The molecule has 6 rings (SSSR count). The van der Waals surface area contributed by atoms with Gasteiger partial charge in [0.25, 0.3) is 0 Å². The molecule has 9 atom stereocenters. The number of likely N-dealkylation sites (N-methyl/N-ethyl adjacent to an activating group) is 1. The van der Waals surface area contributed by atoms with Crippen LogP contribution in [0.5, 0.6) is 5.75 Å². The Balaban J connectivity index is 1.00. The van der Waals surface area contributed by atoms with Gasteiger partial charge < -0.3 is 69.0 Å². The number of aromatic nitrogens is 1. The van der Waals surface area contributed by atoms with Crippen molar-refractivity contribution in [2.24, 2.45) is 11.7 Å². The van der Waals surface area contributed by atoms with E-state index in [2.05, 4.69) is 32.0 Å². The van der Waals surface area contributed by atoms with Crippen molar-refractivity contribution in [2.45, 2.75) is 134 Å². The predicted molar refractivity (Wildman–Crippen MR) is 308 cm³/mol. The number of carbonyl (C=O) groups excluding carboxylic acids is 7. The number of nitrogens with two attached hydrogens (primary N) is 1. The molecule has 0 aliphatic carbocycles. The number of para-hydroxylation sites is 1. The molecule has 3 aliphatic heterocycles. The number of rotatable bonds is 25. The first-order chi connectivity index (χ1) is 39.4. The molecule has 1 unspecified atom stereocenters. The minimum absolute atomic E-state index is 0.0105. The van der Waals surface area contributed by atoms with Crippen molar-refractivity contribution >= 4 is 69.8 Å². The summed E-state index contributed by atoms with van der Waals surface area (Å²) in [6, 6.07) is 11.4. The molecule has 3 aliphatic rings. The van der Waals surface area contributed by atoms with Crippen molar-refractivity contribution in [3.63, 3.8) is 0 Å². The molecule has 83 heavy (non-hydrogen) atoms. The summed E-state index contributed by atoms with van der Waals surface area (Å²) < 4.78 is 42.8. The topological polar surface area (TPSA) is 296 Å². The Morgan fingerprint density at radius 3 is 2.45 bits per heavy atom. The SMILES string of the molecule is CNN(C)Cc1cc2ccccc2n1CCC(=O)N[C@@H](CCC(N)=O)C(=O)NCCOCCOCCC(=O)N(C)[C@@H](C)C(=O)O[C@H]1CC(=O)N(C)c2cc(cc(OC)c2Cl)C/C(C)=C/C=C/[C@@H](OC)[C@@]2(O)C[C@H](OC(=O)N2)[C@@H](C)C2O[C@]21C. The summed E-state index contributed by atoms with van der Waals surface area (Å²) in [5.41, 5.74) is 9.27. The van der Waals surface area contributed by atoms with Crippen LogP contribution in [-0.4, -0.2) is 184 Å². The average Bonchev–Trinajstić information content (AvgIpc) is 2.27. The molecule has 25 heteroatoms. The summed E-state index contributed by atoms with van der Waals surface area (Å²) in [5, 5.41) is 23.0. The van der Waals surface area contributed by atoms with Crippen molar-refractivity contribution in [1.82, 2.24) is 35.9 Å². The molecule has 0 saturated carbocycles. The lowest BCUT2D eigenvalue weighted by Crippen LogP contribution is -2.63. The Bertz CT molecular complexity index is 2870. The molecule has 4 heterocycles. The molecule has 4 bridgehead atoms. The van der Waals surface area contributed by atoms with Crippen LogP contribution < -0.4 is 36.7 Å². The van der Waals surface area contributed by atoms with E-state index in [-0.39, 0.29) is 82.4 Å². The van der Waals surface area contributed by atoms with Gasteiger partial charge in [-0.1, -0.05) is 60.5 Å². The third-order valence-electron chi connectivity index (χ3n) is 15.5. The quantitative estimate of drug-likeness (QED) is 0.0307. The molecule has 0 spiro atoms. The van der Waals surface area contributed by atoms with Gasteiger partial charge >= 0.3 is 12.1 Å². The molecule has 1 aromatic heterocycles. The zero-order valence-electron chi connectivity index (χ0n) is 49.1. The maximum Gasteiger partial charge on any atom is 0.409 e. The number of methoxy groups -OCH3 is 2. The van der Waals surface area contributed by atoms with E-state index in [0.717, 1.165) is 27.7 Å². The molecular weight excluding hydrogens is 1100 g/mol. The average molecular weight is 1180 g/mol. The number of nitrogens with zero attached hydrogens (tertiary/aromatic N) is 4. The Morgan fingerprint density at radius 1 is 1.02 bits per heavy atom. The number of aryl methyl sites for hydroxylation is 1. The Labute approximate surface area is 489 Å². The Morgan fingerprint density at radius 2 is 1.75 bits per heavy atom. The van der Waals surface area contributed by atoms with E-state index in [1.54, 1.807) is 45.2 Å².